The summed E-state index contributed by atoms with van der Waals surface area (Å²) in [7, 11) is 0. The minimum absolute atomic E-state index is 0.0314. The number of rotatable bonds is 2. The molecule has 6 heteroatoms. The van der Waals surface area contributed by atoms with Crippen molar-refractivity contribution in [3.63, 3.8) is 0 Å². The predicted molar refractivity (Wildman–Crippen MR) is 83.5 cm³/mol. The fourth-order valence-corrected chi connectivity index (χ4v) is 2.56. The number of benzene rings is 2. The topological polar surface area (TPSA) is 56.6 Å². The van der Waals surface area contributed by atoms with E-state index >= 15 is 0 Å². The molecule has 23 heavy (non-hydrogen) atoms. The molecular weight excluding hydrogens is 322 g/mol. The van der Waals surface area contributed by atoms with E-state index in [1.54, 1.807) is 30.3 Å². The molecule has 0 spiro atoms. The molecule has 0 aliphatic heterocycles. The average Bonchev–Trinajstić information content (AvgIpc) is 2.55. The van der Waals surface area contributed by atoms with Gasteiger partial charge in [0.1, 0.15) is 11.6 Å². The lowest BCUT2D eigenvalue weighted by Crippen LogP contribution is -2.11. The highest BCUT2D eigenvalue weighted by Gasteiger charge is 2.17. The summed E-state index contributed by atoms with van der Waals surface area (Å²) in [4.78, 5) is 14.8. The largest absolute Gasteiger partial charge is 0.359 e. The van der Waals surface area contributed by atoms with Crippen molar-refractivity contribution in [1.82, 2.24) is 4.98 Å². The summed E-state index contributed by atoms with van der Waals surface area (Å²) in [6, 6.07) is 9.22. The van der Waals surface area contributed by atoms with E-state index in [0.29, 0.717) is 10.6 Å². The summed E-state index contributed by atoms with van der Waals surface area (Å²) in [6.07, 6.45) is 1.28. The number of H-pyrrole nitrogens is 1. The third-order valence-electron chi connectivity index (χ3n) is 3.58. The number of aromatic amines is 1. The first-order valence-electron chi connectivity index (χ1n) is 6.68. The molecule has 2 aromatic carbocycles. The lowest BCUT2D eigenvalue weighted by atomic mass is 10.00. The van der Waals surface area contributed by atoms with Gasteiger partial charge >= 0.3 is 0 Å². The molecule has 1 N–H and O–H groups in total. The number of aromatic nitrogens is 1. The second kappa shape index (κ2) is 5.82. The molecular formula is C17H9ClF2N2O. The van der Waals surface area contributed by atoms with E-state index in [-0.39, 0.29) is 28.5 Å². The van der Waals surface area contributed by atoms with Gasteiger partial charge in [-0.15, -0.1) is 0 Å². The Morgan fingerprint density at radius 1 is 1.22 bits per heavy atom. The smallest absolute Gasteiger partial charge is 0.207 e. The van der Waals surface area contributed by atoms with Gasteiger partial charge in [0, 0.05) is 23.2 Å². The van der Waals surface area contributed by atoms with Gasteiger partial charge in [-0.1, -0.05) is 23.7 Å². The van der Waals surface area contributed by atoms with Gasteiger partial charge in [-0.3, -0.25) is 4.79 Å². The van der Waals surface area contributed by atoms with Crippen molar-refractivity contribution < 1.29 is 8.78 Å². The van der Waals surface area contributed by atoms with Crippen LogP contribution in [0, 0.1) is 23.0 Å². The van der Waals surface area contributed by atoms with Crippen LogP contribution in [0.4, 0.5) is 8.78 Å². The van der Waals surface area contributed by atoms with E-state index in [4.69, 9.17) is 16.9 Å². The summed E-state index contributed by atoms with van der Waals surface area (Å²) < 4.78 is 28.1. The van der Waals surface area contributed by atoms with Gasteiger partial charge in [0.2, 0.25) is 5.43 Å². The normalized spacial score (nSPS) is 10.7. The van der Waals surface area contributed by atoms with Gasteiger partial charge in [-0.2, -0.15) is 5.26 Å². The highest BCUT2D eigenvalue weighted by Crippen LogP contribution is 2.24. The molecule has 0 unspecified atom stereocenters. The standard InChI is InChI=1S/C17H9ClF2N2O/c18-11-3-1-9(2-4-11)5-12-15(20)14(19)6-13-16(12)22-8-10(7-21)17(13)23/h1-4,6,8H,5H2,(H,22,23). The Morgan fingerprint density at radius 3 is 2.57 bits per heavy atom. The molecule has 0 amide bonds. The molecule has 0 saturated carbocycles. The maximum Gasteiger partial charge on any atom is 0.207 e. The zero-order chi connectivity index (χ0) is 16.6. The molecule has 0 saturated heterocycles. The second-order valence-electron chi connectivity index (χ2n) is 5.02. The predicted octanol–water partition coefficient (Wildman–Crippen LogP) is 3.92. The maximum absolute atomic E-state index is 14.2. The van der Waals surface area contributed by atoms with Crippen molar-refractivity contribution in [2.45, 2.75) is 6.42 Å². The molecule has 3 nitrogen and oxygen atoms in total. The molecule has 0 atom stereocenters. The Balaban J connectivity index is 2.25. The van der Waals surface area contributed by atoms with Crippen molar-refractivity contribution in [3.8, 4) is 6.07 Å². The fraction of sp³-hybridized carbons (Fsp3) is 0.0588. The van der Waals surface area contributed by atoms with Crippen molar-refractivity contribution in [3.05, 3.63) is 80.1 Å². The molecule has 3 aromatic rings. The SMILES string of the molecule is N#Cc1c[nH]c2c(Cc3ccc(Cl)cc3)c(F)c(F)cc2c1=O. The summed E-state index contributed by atoms with van der Waals surface area (Å²) in [5.74, 6) is -2.14. The average molecular weight is 331 g/mol. The van der Waals surface area contributed by atoms with Crippen molar-refractivity contribution in [2.24, 2.45) is 0 Å². The quantitative estimate of drug-likeness (QED) is 0.774. The van der Waals surface area contributed by atoms with E-state index in [0.717, 1.165) is 6.07 Å². The van der Waals surface area contributed by atoms with E-state index in [2.05, 4.69) is 4.98 Å². The zero-order valence-corrected chi connectivity index (χ0v) is 12.4. The van der Waals surface area contributed by atoms with Crippen LogP contribution < -0.4 is 5.43 Å². The van der Waals surface area contributed by atoms with Gasteiger partial charge in [-0.05, 0) is 23.8 Å². The molecule has 0 aliphatic rings. The van der Waals surface area contributed by atoms with Crippen molar-refractivity contribution in [2.75, 3.05) is 0 Å². The summed E-state index contributed by atoms with van der Waals surface area (Å²) >= 11 is 5.81. The van der Waals surface area contributed by atoms with Crippen LogP contribution in [0.3, 0.4) is 0 Å². The Morgan fingerprint density at radius 2 is 1.91 bits per heavy atom. The van der Waals surface area contributed by atoms with Crippen LogP contribution in [-0.4, -0.2) is 4.98 Å². The minimum atomic E-state index is -1.12. The zero-order valence-electron chi connectivity index (χ0n) is 11.7. The lowest BCUT2D eigenvalue weighted by Gasteiger charge is -2.09. The molecule has 0 bridgehead atoms. The van der Waals surface area contributed by atoms with Crippen LogP contribution in [-0.2, 0) is 6.42 Å². The van der Waals surface area contributed by atoms with Crippen LogP contribution >= 0.6 is 11.6 Å². The third-order valence-corrected chi connectivity index (χ3v) is 3.83. The van der Waals surface area contributed by atoms with Crippen LogP contribution in [0.25, 0.3) is 10.9 Å². The Hall–Kier alpha value is -2.71. The second-order valence-corrected chi connectivity index (χ2v) is 5.46. The third kappa shape index (κ3) is 2.69. The number of nitrogens with one attached hydrogen (secondary N) is 1. The van der Waals surface area contributed by atoms with Crippen LogP contribution in [0.5, 0.6) is 0 Å². The highest BCUT2D eigenvalue weighted by molar-refractivity contribution is 6.30. The van der Waals surface area contributed by atoms with Crippen LogP contribution in [0.2, 0.25) is 5.02 Å². The van der Waals surface area contributed by atoms with Gasteiger partial charge < -0.3 is 4.98 Å². The lowest BCUT2D eigenvalue weighted by molar-refractivity contribution is 0.503. The molecule has 0 fully saturated rings. The number of hydrogen-bond donors (Lipinski definition) is 1. The minimum Gasteiger partial charge on any atom is -0.359 e. The van der Waals surface area contributed by atoms with Crippen LogP contribution in [0.15, 0.2) is 41.3 Å². The number of fused-ring (bicyclic) bond motifs is 1. The number of halogens is 3. The monoisotopic (exact) mass is 330 g/mol. The van der Waals surface area contributed by atoms with Gasteiger partial charge in [-0.25, -0.2) is 8.78 Å². The molecule has 114 valence electrons. The number of pyridine rings is 1. The van der Waals surface area contributed by atoms with Crippen molar-refractivity contribution in [1.29, 1.82) is 5.26 Å². The van der Waals surface area contributed by atoms with E-state index in [1.165, 1.54) is 6.20 Å². The van der Waals surface area contributed by atoms with E-state index in [1.807, 2.05) is 0 Å². The van der Waals surface area contributed by atoms with Gasteiger partial charge in [0.05, 0.1) is 10.9 Å². The fourth-order valence-electron chi connectivity index (χ4n) is 2.43. The van der Waals surface area contributed by atoms with Crippen molar-refractivity contribution >= 4 is 22.5 Å². The number of nitrogens with zero attached hydrogens (tertiary/aromatic N) is 1. The van der Waals surface area contributed by atoms with E-state index in [9.17, 15) is 13.6 Å². The summed E-state index contributed by atoms with van der Waals surface area (Å²) in [5, 5.41) is 9.37. The number of hydrogen-bond acceptors (Lipinski definition) is 2. The first-order valence-corrected chi connectivity index (χ1v) is 7.06. The Bertz CT molecular complexity index is 1000. The molecule has 0 radical (unpaired) electrons. The maximum atomic E-state index is 14.2. The molecule has 3 rings (SSSR count). The number of nitriles is 1. The Kier molecular flexibility index (Phi) is 3.85. The van der Waals surface area contributed by atoms with Gasteiger partial charge in [0.25, 0.3) is 0 Å². The first-order chi connectivity index (χ1) is 11.0. The summed E-state index contributed by atoms with van der Waals surface area (Å²) in [6.45, 7) is 0. The summed E-state index contributed by atoms with van der Waals surface area (Å²) in [5.41, 5.74) is 0.149. The Labute approximate surface area is 134 Å². The molecule has 0 aliphatic carbocycles. The van der Waals surface area contributed by atoms with E-state index < -0.39 is 17.1 Å². The van der Waals surface area contributed by atoms with Crippen LogP contribution in [0.1, 0.15) is 16.7 Å². The molecule has 1 heterocycles. The molecule has 1 aromatic heterocycles. The van der Waals surface area contributed by atoms with Gasteiger partial charge in [0.15, 0.2) is 11.6 Å². The first kappa shape index (κ1) is 15.2. The highest BCUT2D eigenvalue weighted by atomic mass is 35.5.